The van der Waals surface area contributed by atoms with Crippen LogP contribution in [0.2, 0.25) is 0 Å². The van der Waals surface area contributed by atoms with Crippen LogP contribution in [-0.4, -0.2) is 14.2 Å². The van der Waals surface area contributed by atoms with Crippen LogP contribution in [0.15, 0.2) is 28.7 Å². The van der Waals surface area contributed by atoms with Gasteiger partial charge in [0.25, 0.3) is 0 Å². The first-order valence-electron chi connectivity index (χ1n) is 6.62. The molecule has 0 amide bonds. The number of hydrogen-bond acceptors (Lipinski definition) is 3. The van der Waals surface area contributed by atoms with Crippen molar-refractivity contribution in [2.75, 3.05) is 14.2 Å². The minimum atomic E-state index is -0.298. The van der Waals surface area contributed by atoms with Gasteiger partial charge in [-0.05, 0) is 45.0 Å². The Labute approximate surface area is 118 Å². The van der Waals surface area contributed by atoms with E-state index in [1.807, 2.05) is 27.0 Å². The molecule has 0 radical (unpaired) electrons. The maximum absolute atomic E-state index is 14.2. The summed E-state index contributed by atoms with van der Waals surface area (Å²) < 4.78 is 24.8. The van der Waals surface area contributed by atoms with Crippen molar-refractivity contribution in [1.82, 2.24) is 5.32 Å². The van der Waals surface area contributed by atoms with E-state index < -0.39 is 0 Å². The van der Waals surface area contributed by atoms with E-state index in [-0.39, 0.29) is 17.6 Å². The van der Waals surface area contributed by atoms with Crippen LogP contribution in [0.5, 0.6) is 5.75 Å². The van der Waals surface area contributed by atoms with Gasteiger partial charge in [-0.2, -0.15) is 0 Å². The lowest BCUT2D eigenvalue weighted by Crippen LogP contribution is -2.19. The van der Waals surface area contributed by atoms with Crippen molar-refractivity contribution < 1.29 is 13.5 Å². The Morgan fingerprint density at radius 3 is 2.65 bits per heavy atom. The third-order valence-corrected chi connectivity index (χ3v) is 3.49. The Balaban J connectivity index is 2.29. The highest BCUT2D eigenvalue weighted by atomic mass is 19.1. The second-order valence-corrected chi connectivity index (χ2v) is 4.85. The largest absolute Gasteiger partial charge is 0.494 e. The molecule has 4 heteroatoms. The van der Waals surface area contributed by atoms with Gasteiger partial charge >= 0.3 is 0 Å². The van der Waals surface area contributed by atoms with Gasteiger partial charge in [0.15, 0.2) is 11.6 Å². The molecule has 20 heavy (non-hydrogen) atoms. The van der Waals surface area contributed by atoms with Gasteiger partial charge in [-0.15, -0.1) is 0 Å². The smallest absolute Gasteiger partial charge is 0.168 e. The molecule has 0 spiro atoms. The van der Waals surface area contributed by atoms with E-state index in [0.717, 1.165) is 17.1 Å². The second-order valence-electron chi connectivity index (χ2n) is 4.85. The molecule has 108 valence electrons. The maximum atomic E-state index is 14.2. The molecule has 0 saturated carbocycles. The molecule has 0 aliphatic carbocycles. The van der Waals surface area contributed by atoms with Crippen LogP contribution in [0, 0.1) is 19.7 Å². The highest BCUT2D eigenvalue weighted by Gasteiger charge is 2.19. The molecule has 0 bridgehead atoms. The molecular formula is C16H20FNO2. The third kappa shape index (κ3) is 2.85. The summed E-state index contributed by atoms with van der Waals surface area (Å²) in [7, 11) is 3.34. The number of hydrogen-bond donors (Lipinski definition) is 1. The highest BCUT2D eigenvalue weighted by Crippen LogP contribution is 2.28. The van der Waals surface area contributed by atoms with Gasteiger partial charge in [0.1, 0.15) is 11.5 Å². The van der Waals surface area contributed by atoms with Crippen LogP contribution in [0.25, 0.3) is 0 Å². The number of benzene rings is 1. The van der Waals surface area contributed by atoms with Crippen molar-refractivity contribution in [2.45, 2.75) is 26.3 Å². The van der Waals surface area contributed by atoms with Crippen LogP contribution >= 0.6 is 0 Å². The molecule has 1 atom stereocenters. The Kier molecular flexibility index (Phi) is 4.45. The van der Waals surface area contributed by atoms with E-state index in [1.54, 1.807) is 18.2 Å². The van der Waals surface area contributed by atoms with Crippen LogP contribution in [0.3, 0.4) is 0 Å². The molecule has 0 aliphatic rings. The van der Waals surface area contributed by atoms with Crippen molar-refractivity contribution in [3.63, 3.8) is 0 Å². The molecule has 2 aromatic rings. The fourth-order valence-electron chi connectivity index (χ4n) is 2.46. The maximum Gasteiger partial charge on any atom is 0.168 e. The topological polar surface area (TPSA) is 34.4 Å². The number of halogens is 1. The lowest BCUT2D eigenvalue weighted by Gasteiger charge is -2.17. The van der Waals surface area contributed by atoms with E-state index in [0.29, 0.717) is 12.0 Å². The Bertz CT molecular complexity index is 592. The molecule has 0 aliphatic heterocycles. The summed E-state index contributed by atoms with van der Waals surface area (Å²) in [6, 6.07) is 7.21. The van der Waals surface area contributed by atoms with E-state index >= 15 is 0 Å². The quantitative estimate of drug-likeness (QED) is 0.907. The molecule has 1 aromatic heterocycles. The van der Waals surface area contributed by atoms with Crippen LogP contribution < -0.4 is 10.1 Å². The number of ether oxygens (including phenoxy) is 1. The van der Waals surface area contributed by atoms with Gasteiger partial charge in [0.2, 0.25) is 0 Å². The number of aryl methyl sites for hydroxylation is 2. The average Bonchev–Trinajstić information content (AvgIpc) is 2.76. The Morgan fingerprint density at radius 1 is 1.35 bits per heavy atom. The molecule has 0 fully saturated rings. The summed E-state index contributed by atoms with van der Waals surface area (Å²) in [5.41, 5.74) is 1.69. The predicted octanol–water partition coefficient (Wildman–Crippen LogP) is 3.55. The Hall–Kier alpha value is -1.81. The van der Waals surface area contributed by atoms with Gasteiger partial charge in [0.05, 0.1) is 7.11 Å². The normalized spacial score (nSPS) is 12.4. The summed E-state index contributed by atoms with van der Waals surface area (Å²) in [5.74, 6) is 1.71. The zero-order chi connectivity index (χ0) is 14.7. The molecular weight excluding hydrogens is 257 g/mol. The molecule has 0 saturated heterocycles. The summed E-state index contributed by atoms with van der Waals surface area (Å²) in [5, 5.41) is 3.22. The van der Waals surface area contributed by atoms with Crippen LogP contribution in [0.1, 0.15) is 28.7 Å². The fourth-order valence-corrected chi connectivity index (χ4v) is 2.46. The summed E-state index contributed by atoms with van der Waals surface area (Å²) in [4.78, 5) is 0. The van der Waals surface area contributed by atoms with Crippen molar-refractivity contribution >= 4 is 0 Å². The number of likely N-dealkylation sites (N-methyl/N-ethyl adjacent to an activating group) is 1. The number of furan rings is 1. The first kappa shape index (κ1) is 14.6. The lowest BCUT2D eigenvalue weighted by atomic mass is 9.98. The molecule has 1 heterocycles. The van der Waals surface area contributed by atoms with Gasteiger partial charge in [0, 0.05) is 11.6 Å². The van der Waals surface area contributed by atoms with E-state index in [1.165, 1.54) is 7.11 Å². The van der Waals surface area contributed by atoms with Crippen molar-refractivity contribution in [2.24, 2.45) is 0 Å². The number of methoxy groups -OCH3 is 1. The lowest BCUT2D eigenvalue weighted by molar-refractivity contribution is 0.382. The molecule has 1 unspecified atom stereocenters. The van der Waals surface area contributed by atoms with E-state index in [2.05, 4.69) is 5.32 Å². The summed E-state index contributed by atoms with van der Waals surface area (Å²) in [6.45, 7) is 3.84. The van der Waals surface area contributed by atoms with Crippen LogP contribution in [-0.2, 0) is 6.42 Å². The molecule has 1 N–H and O–H groups in total. The molecule has 3 nitrogen and oxygen atoms in total. The Morgan fingerprint density at radius 2 is 2.10 bits per heavy atom. The van der Waals surface area contributed by atoms with Crippen LogP contribution in [0.4, 0.5) is 4.39 Å². The number of rotatable bonds is 5. The zero-order valence-corrected chi connectivity index (χ0v) is 12.3. The average molecular weight is 277 g/mol. The van der Waals surface area contributed by atoms with Crippen molar-refractivity contribution in [3.05, 3.63) is 52.7 Å². The second kappa shape index (κ2) is 6.09. The fraction of sp³-hybridized carbons (Fsp3) is 0.375. The monoisotopic (exact) mass is 277 g/mol. The predicted molar refractivity (Wildman–Crippen MR) is 76.6 cm³/mol. The summed E-state index contributed by atoms with van der Waals surface area (Å²) >= 11 is 0. The van der Waals surface area contributed by atoms with Gasteiger partial charge in [-0.1, -0.05) is 12.1 Å². The SMILES string of the molecule is CNC(Cc1cccc(OC)c1F)c1cc(C)oc1C. The first-order valence-corrected chi connectivity index (χ1v) is 6.62. The van der Waals surface area contributed by atoms with Gasteiger partial charge in [-0.25, -0.2) is 4.39 Å². The molecule has 2 rings (SSSR count). The highest BCUT2D eigenvalue weighted by molar-refractivity contribution is 5.33. The minimum absolute atomic E-state index is 0.00839. The third-order valence-electron chi connectivity index (χ3n) is 3.49. The number of nitrogens with one attached hydrogen (secondary N) is 1. The molecule has 1 aromatic carbocycles. The first-order chi connectivity index (χ1) is 9.56. The van der Waals surface area contributed by atoms with Crippen molar-refractivity contribution in [1.29, 1.82) is 0 Å². The van der Waals surface area contributed by atoms with E-state index in [9.17, 15) is 4.39 Å². The summed E-state index contributed by atoms with van der Waals surface area (Å²) in [6.07, 6.45) is 0.541. The van der Waals surface area contributed by atoms with E-state index in [4.69, 9.17) is 9.15 Å². The standard InChI is InChI=1S/C16H20FNO2/c1-10-8-13(11(2)20-10)14(18-3)9-12-6-5-7-15(19-4)16(12)17/h5-8,14,18H,9H2,1-4H3. The minimum Gasteiger partial charge on any atom is -0.494 e. The zero-order valence-electron chi connectivity index (χ0n) is 12.3. The van der Waals surface area contributed by atoms with Crippen molar-refractivity contribution in [3.8, 4) is 5.75 Å². The van der Waals surface area contributed by atoms with Gasteiger partial charge < -0.3 is 14.5 Å². The van der Waals surface area contributed by atoms with Gasteiger partial charge in [-0.3, -0.25) is 0 Å².